The molecule has 0 aromatic carbocycles. The lowest BCUT2D eigenvalue weighted by Crippen LogP contribution is -2.49. The molecule has 1 amide bonds. The Morgan fingerprint density at radius 1 is 1.33 bits per heavy atom. The van der Waals surface area contributed by atoms with Crippen LogP contribution in [0.5, 0.6) is 0 Å². The predicted molar refractivity (Wildman–Crippen MR) is 59.0 cm³/mol. The van der Waals surface area contributed by atoms with E-state index in [0.717, 1.165) is 13.1 Å². The smallest absolute Gasteiger partial charge is 0.238 e. The Kier molecular flexibility index (Phi) is 4.11. The van der Waals surface area contributed by atoms with E-state index < -0.39 is 6.10 Å². The Labute approximate surface area is 91.8 Å². The van der Waals surface area contributed by atoms with E-state index in [4.69, 9.17) is 0 Å². The van der Waals surface area contributed by atoms with Crippen molar-refractivity contribution < 1.29 is 9.90 Å². The normalized spacial score (nSPS) is 22.5. The average molecular weight is 214 g/mol. The first-order valence-electron chi connectivity index (χ1n) is 5.68. The monoisotopic (exact) mass is 214 g/mol. The van der Waals surface area contributed by atoms with E-state index in [1.807, 2.05) is 11.9 Å². The van der Waals surface area contributed by atoms with Crippen LogP contribution in [0.15, 0.2) is 0 Å². The van der Waals surface area contributed by atoms with Gasteiger partial charge in [0.15, 0.2) is 0 Å². The molecule has 1 aliphatic heterocycles. The van der Waals surface area contributed by atoms with Crippen LogP contribution in [-0.4, -0.2) is 46.3 Å². The van der Waals surface area contributed by atoms with Crippen LogP contribution < -0.4 is 0 Å². The molecule has 0 aromatic heterocycles. The van der Waals surface area contributed by atoms with Crippen LogP contribution in [0.4, 0.5) is 0 Å². The van der Waals surface area contributed by atoms with E-state index in [-0.39, 0.29) is 11.9 Å². The lowest BCUT2D eigenvalue weighted by molar-refractivity contribution is -0.144. The predicted octanol–water partition coefficient (Wildman–Crippen LogP) is 0.861. The Balaban J connectivity index is 2.67. The summed E-state index contributed by atoms with van der Waals surface area (Å²) in [5, 5.41) is 13.3. The molecule has 1 N–H and O–H groups in total. The van der Waals surface area contributed by atoms with Gasteiger partial charge in [0.25, 0.3) is 0 Å². The topological polar surface area (TPSA) is 43.8 Å². The molecular formula is C11H22N2O2. The number of hydrogen-bond acceptors (Lipinski definition) is 3. The summed E-state index contributed by atoms with van der Waals surface area (Å²) >= 11 is 0. The fourth-order valence-corrected chi connectivity index (χ4v) is 1.83. The van der Waals surface area contributed by atoms with Crippen molar-refractivity contribution in [2.75, 3.05) is 13.1 Å². The maximum Gasteiger partial charge on any atom is 0.238 e. The average Bonchev–Trinajstić information content (AvgIpc) is 2.46. The quantitative estimate of drug-likeness (QED) is 0.755. The molecule has 4 heteroatoms. The highest BCUT2D eigenvalue weighted by Crippen LogP contribution is 2.18. The number of hydrogen-bond donors (Lipinski definition) is 1. The molecule has 1 aliphatic rings. The fraction of sp³-hybridized carbons (Fsp3) is 0.909. The van der Waals surface area contributed by atoms with Gasteiger partial charge in [-0.1, -0.05) is 13.8 Å². The van der Waals surface area contributed by atoms with Crippen molar-refractivity contribution in [3.05, 3.63) is 0 Å². The Morgan fingerprint density at radius 2 is 1.93 bits per heavy atom. The number of aliphatic hydroxyl groups excluding tert-OH is 1. The SMILES string of the molecule is CC(C)CN1C(=O)CCN1C(C)C(C)O. The van der Waals surface area contributed by atoms with Crippen LogP contribution in [0.3, 0.4) is 0 Å². The molecule has 0 bridgehead atoms. The molecule has 4 nitrogen and oxygen atoms in total. The third-order valence-electron chi connectivity index (χ3n) is 2.86. The van der Waals surface area contributed by atoms with Crippen molar-refractivity contribution in [2.45, 2.75) is 46.3 Å². The van der Waals surface area contributed by atoms with Crippen LogP contribution in [0.1, 0.15) is 34.1 Å². The molecule has 1 saturated heterocycles. The van der Waals surface area contributed by atoms with Gasteiger partial charge in [-0.25, -0.2) is 5.01 Å². The van der Waals surface area contributed by atoms with Gasteiger partial charge in [0.05, 0.1) is 12.1 Å². The first-order valence-corrected chi connectivity index (χ1v) is 5.68. The van der Waals surface area contributed by atoms with Crippen molar-refractivity contribution >= 4 is 5.91 Å². The zero-order valence-electron chi connectivity index (χ0n) is 10.1. The molecule has 1 fully saturated rings. The first kappa shape index (κ1) is 12.5. The molecule has 0 aromatic rings. The van der Waals surface area contributed by atoms with E-state index in [9.17, 15) is 9.90 Å². The molecular weight excluding hydrogens is 192 g/mol. The van der Waals surface area contributed by atoms with Gasteiger partial charge in [-0.2, -0.15) is 0 Å². The minimum absolute atomic E-state index is 0.00944. The van der Waals surface area contributed by atoms with E-state index in [0.29, 0.717) is 12.3 Å². The summed E-state index contributed by atoms with van der Waals surface area (Å²) < 4.78 is 0. The van der Waals surface area contributed by atoms with Gasteiger partial charge in [0, 0.05) is 19.5 Å². The van der Waals surface area contributed by atoms with Crippen LogP contribution in [0, 0.1) is 5.92 Å². The van der Waals surface area contributed by atoms with Crippen molar-refractivity contribution in [3.8, 4) is 0 Å². The Morgan fingerprint density at radius 3 is 2.40 bits per heavy atom. The highest BCUT2D eigenvalue weighted by molar-refractivity contribution is 5.77. The summed E-state index contributed by atoms with van der Waals surface area (Å²) in [6.45, 7) is 9.39. The van der Waals surface area contributed by atoms with Crippen LogP contribution in [0.25, 0.3) is 0 Å². The summed E-state index contributed by atoms with van der Waals surface area (Å²) in [7, 11) is 0. The number of carbonyl (C=O) groups is 1. The largest absolute Gasteiger partial charge is 0.392 e. The molecule has 0 spiro atoms. The zero-order chi connectivity index (χ0) is 11.6. The first-order chi connectivity index (χ1) is 6.93. The van der Waals surface area contributed by atoms with Gasteiger partial charge in [-0.05, 0) is 19.8 Å². The van der Waals surface area contributed by atoms with Crippen molar-refractivity contribution in [3.63, 3.8) is 0 Å². The molecule has 15 heavy (non-hydrogen) atoms. The molecule has 1 heterocycles. The second-order valence-corrected chi connectivity index (χ2v) is 4.76. The number of nitrogens with zero attached hydrogens (tertiary/aromatic N) is 2. The molecule has 0 radical (unpaired) electrons. The minimum Gasteiger partial charge on any atom is -0.392 e. The summed E-state index contributed by atoms with van der Waals surface area (Å²) in [5.41, 5.74) is 0. The van der Waals surface area contributed by atoms with Crippen LogP contribution >= 0.6 is 0 Å². The minimum atomic E-state index is -0.412. The van der Waals surface area contributed by atoms with Gasteiger partial charge in [-0.3, -0.25) is 9.80 Å². The third kappa shape index (κ3) is 2.92. The van der Waals surface area contributed by atoms with E-state index in [1.54, 1.807) is 11.9 Å². The standard InChI is InChI=1S/C11H22N2O2/c1-8(2)7-13-11(15)5-6-12(13)9(3)10(4)14/h8-10,14H,5-7H2,1-4H3. The van der Waals surface area contributed by atoms with E-state index in [1.165, 1.54) is 0 Å². The summed E-state index contributed by atoms with van der Waals surface area (Å²) in [6, 6.07) is 0.00944. The van der Waals surface area contributed by atoms with Gasteiger partial charge in [0.2, 0.25) is 5.91 Å². The molecule has 2 atom stereocenters. The number of carbonyl (C=O) groups excluding carboxylic acids is 1. The van der Waals surface area contributed by atoms with Crippen molar-refractivity contribution in [2.24, 2.45) is 5.92 Å². The van der Waals surface area contributed by atoms with Crippen molar-refractivity contribution in [1.82, 2.24) is 10.0 Å². The highest BCUT2D eigenvalue weighted by atomic mass is 16.3. The Hall–Kier alpha value is -0.610. The summed E-state index contributed by atoms with van der Waals surface area (Å²) in [6.07, 6.45) is 0.162. The third-order valence-corrected chi connectivity index (χ3v) is 2.86. The van der Waals surface area contributed by atoms with Crippen LogP contribution in [-0.2, 0) is 4.79 Å². The molecule has 88 valence electrons. The Bertz CT molecular complexity index is 229. The van der Waals surface area contributed by atoms with E-state index in [2.05, 4.69) is 13.8 Å². The molecule has 2 unspecified atom stereocenters. The maximum atomic E-state index is 11.6. The van der Waals surface area contributed by atoms with Crippen molar-refractivity contribution in [1.29, 1.82) is 0 Å². The second kappa shape index (κ2) is 4.94. The van der Waals surface area contributed by atoms with Gasteiger partial charge >= 0.3 is 0 Å². The van der Waals surface area contributed by atoms with Gasteiger partial charge in [0.1, 0.15) is 0 Å². The lowest BCUT2D eigenvalue weighted by Gasteiger charge is -2.35. The second-order valence-electron chi connectivity index (χ2n) is 4.76. The fourth-order valence-electron chi connectivity index (χ4n) is 1.83. The number of rotatable bonds is 4. The molecule has 0 saturated carbocycles. The van der Waals surface area contributed by atoms with Gasteiger partial charge in [-0.15, -0.1) is 0 Å². The van der Waals surface area contributed by atoms with Gasteiger partial charge < -0.3 is 5.11 Å². The molecule has 0 aliphatic carbocycles. The number of amides is 1. The summed E-state index contributed by atoms with van der Waals surface area (Å²) in [4.78, 5) is 11.6. The molecule has 1 rings (SSSR count). The maximum absolute atomic E-state index is 11.6. The zero-order valence-corrected chi connectivity index (χ0v) is 10.1. The van der Waals surface area contributed by atoms with E-state index >= 15 is 0 Å². The summed E-state index contributed by atoms with van der Waals surface area (Å²) in [5.74, 6) is 0.631. The number of aliphatic hydroxyl groups is 1. The lowest BCUT2D eigenvalue weighted by atomic mass is 10.2. The van der Waals surface area contributed by atoms with Crippen LogP contribution in [0.2, 0.25) is 0 Å². The highest BCUT2D eigenvalue weighted by Gasteiger charge is 2.33. The number of hydrazine groups is 1.